The molecule has 3 nitrogen and oxygen atoms in total. The summed E-state index contributed by atoms with van der Waals surface area (Å²) in [5, 5.41) is 0.985. The van der Waals surface area contributed by atoms with E-state index in [2.05, 4.69) is 20.9 Å². The molecule has 0 atom stereocenters. The molecule has 0 saturated carbocycles. The number of nitrogens with zero attached hydrogens (tertiary/aromatic N) is 2. The summed E-state index contributed by atoms with van der Waals surface area (Å²) < 4.78 is 0.631. The predicted molar refractivity (Wildman–Crippen MR) is 84.2 cm³/mol. The van der Waals surface area contributed by atoms with E-state index < -0.39 is 0 Å². The molecule has 0 aliphatic rings. The van der Waals surface area contributed by atoms with E-state index in [1.165, 1.54) is 0 Å². The molecule has 2 rings (SSSR count). The number of pyridine rings is 1. The summed E-state index contributed by atoms with van der Waals surface area (Å²) >= 11 is 15.1. The van der Waals surface area contributed by atoms with Crippen LogP contribution < -0.4 is 0 Å². The number of hydrogen-bond acceptors (Lipinski definition) is 2. The maximum absolute atomic E-state index is 12.3. The molecule has 1 aromatic carbocycles. The average molecular weight is 374 g/mol. The van der Waals surface area contributed by atoms with Crippen LogP contribution in [0, 0.1) is 0 Å². The third-order valence-electron chi connectivity index (χ3n) is 2.72. The van der Waals surface area contributed by atoms with E-state index in [1.807, 2.05) is 6.07 Å². The zero-order valence-corrected chi connectivity index (χ0v) is 13.7. The fourth-order valence-electron chi connectivity index (χ4n) is 1.74. The van der Waals surface area contributed by atoms with Crippen LogP contribution in [0.3, 0.4) is 0 Å². The summed E-state index contributed by atoms with van der Waals surface area (Å²) in [6.45, 7) is 0.454. The van der Waals surface area contributed by atoms with Gasteiger partial charge in [-0.1, -0.05) is 29.3 Å². The fourth-order valence-corrected chi connectivity index (χ4v) is 2.43. The molecule has 0 radical (unpaired) electrons. The monoisotopic (exact) mass is 372 g/mol. The van der Waals surface area contributed by atoms with E-state index in [0.29, 0.717) is 26.8 Å². The highest BCUT2D eigenvalue weighted by Crippen LogP contribution is 2.23. The Kier molecular flexibility index (Phi) is 5.02. The number of halogens is 3. The molecule has 1 heterocycles. The molecule has 0 saturated heterocycles. The summed E-state index contributed by atoms with van der Waals surface area (Å²) in [4.78, 5) is 17.9. The van der Waals surface area contributed by atoms with Crippen LogP contribution in [-0.4, -0.2) is 22.8 Å². The minimum atomic E-state index is -0.0841. The molecular weight excluding hydrogens is 363 g/mol. The zero-order valence-electron chi connectivity index (χ0n) is 10.6. The topological polar surface area (TPSA) is 33.2 Å². The molecule has 0 aliphatic heterocycles. The standard InChI is InChI=1S/C14H11BrCl2N2O/c1-19(8-9-2-3-11(16)12(17)6-9)14(20)10-4-5-18-13(15)7-10/h2-7H,8H2,1H3. The Bertz CT molecular complexity index is 649. The number of hydrogen-bond donors (Lipinski definition) is 0. The number of benzene rings is 1. The molecule has 1 amide bonds. The summed E-state index contributed by atoms with van der Waals surface area (Å²) in [6, 6.07) is 8.70. The van der Waals surface area contributed by atoms with E-state index in [-0.39, 0.29) is 5.91 Å². The Labute approximate surface area is 135 Å². The Balaban J connectivity index is 2.13. The van der Waals surface area contributed by atoms with Gasteiger partial charge >= 0.3 is 0 Å². The van der Waals surface area contributed by atoms with Gasteiger partial charge in [0.15, 0.2) is 0 Å². The maximum atomic E-state index is 12.3. The molecular formula is C14H11BrCl2N2O. The SMILES string of the molecule is CN(Cc1ccc(Cl)c(Cl)c1)C(=O)c1ccnc(Br)c1. The van der Waals surface area contributed by atoms with Crippen molar-refractivity contribution >= 4 is 45.0 Å². The van der Waals surface area contributed by atoms with Gasteiger partial charge in [-0.2, -0.15) is 0 Å². The number of carbonyl (C=O) groups excluding carboxylic acids is 1. The van der Waals surface area contributed by atoms with Gasteiger partial charge in [0.05, 0.1) is 10.0 Å². The molecule has 0 bridgehead atoms. The van der Waals surface area contributed by atoms with E-state index in [0.717, 1.165) is 5.56 Å². The van der Waals surface area contributed by atoms with Gasteiger partial charge in [0.1, 0.15) is 4.60 Å². The van der Waals surface area contributed by atoms with E-state index >= 15 is 0 Å². The molecule has 0 N–H and O–H groups in total. The molecule has 0 spiro atoms. The van der Waals surface area contributed by atoms with Crippen molar-refractivity contribution in [2.45, 2.75) is 6.54 Å². The van der Waals surface area contributed by atoms with Gasteiger partial charge in [-0.05, 0) is 45.8 Å². The Morgan fingerprint density at radius 1 is 1.25 bits per heavy atom. The number of amides is 1. The summed E-state index contributed by atoms with van der Waals surface area (Å²) in [5.41, 5.74) is 1.50. The maximum Gasteiger partial charge on any atom is 0.254 e. The molecule has 0 unspecified atom stereocenters. The van der Waals surface area contributed by atoms with Crippen LogP contribution in [0.2, 0.25) is 10.0 Å². The van der Waals surface area contributed by atoms with E-state index in [1.54, 1.807) is 42.4 Å². The summed E-state index contributed by atoms with van der Waals surface area (Å²) in [5.74, 6) is -0.0841. The van der Waals surface area contributed by atoms with Gasteiger partial charge in [0, 0.05) is 25.4 Å². The Morgan fingerprint density at radius 3 is 2.65 bits per heavy atom. The van der Waals surface area contributed by atoms with Crippen molar-refractivity contribution in [2.75, 3.05) is 7.05 Å². The lowest BCUT2D eigenvalue weighted by Crippen LogP contribution is -2.26. The minimum Gasteiger partial charge on any atom is -0.337 e. The van der Waals surface area contributed by atoms with E-state index in [9.17, 15) is 4.79 Å². The molecule has 1 aromatic heterocycles. The van der Waals surface area contributed by atoms with Gasteiger partial charge in [-0.15, -0.1) is 0 Å². The van der Waals surface area contributed by atoms with Crippen molar-refractivity contribution in [1.82, 2.24) is 9.88 Å². The summed E-state index contributed by atoms with van der Waals surface area (Å²) in [6.07, 6.45) is 1.59. The lowest BCUT2D eigenvalue weighted by Gasteiger charge is -2.17. The van der Waals surface area contributed by atoms with Gasteiger partial charge in [0.2, 0.25) is 0 Å². The van der Waals surface area contributed by atoms with Crippen molar-refractivity contribution in [3.63, 3.8) is 0 Å². The Morgan fingerprint density at radius 2 is 2.00 bits per heavy atom. The second-order valence-corrected chi connectivity index (χ2v) is 5.90. The molecule has 20 heavy (non-hydrogen) atoms. The van der Waals surface area contributed by atoms with Crippen molar-refractivity contribution in [3.8, 4) is 0 Å². The third-order valence-corrected chi connectivity index (χ3v) is 3.90. The molecule has 2 aromatic rings. The molecule has 104 valence electrons. The van der Waals surface area contributed by atoms with Crippen LogP contribution in [0.15, 0.2) is 41.1 Å². The highest BCUT2D eigenvalue weighted by Gasteiger charge is 2.13. The van der Waals surface area contributed by atoms with Crippen LogP contribution >= 0.6 is 39.1 Å². The minimum absolute atomic E-state index is 0.0841. The van der Waals surface area contributed by atoms with Gasteiger partial charge in [-0.25, -0.2) is 4.98 Å². The smallest absolute Gasteiger partial charge is 0.254 e. The first-order chi connectivity index (χ1) is 9.47. The van der Waals surface area contributed by atoms with E-state index in [4.69, 9.17) is 23.2 Å². The van der Waals surface area contributed by atoms with Crippen LogP contribution in [0.4, 0.5) is 0 Å². The summed E-state index contributed by atoms with van der Waals surface area (Å²) in [7, 11) is 1.74. The first-order valence-electron chi connectivity index (χ1n) is 5.78. The second-order valence-electron chi connectivity index (χ2n) is 4.28. The fraction of sp³-hybridized carbons (Fsp3) is 0.143. The lowest BCUT2D eigenvalue weighted by atomic mass is 10.2. The predicted octanol–water partition coefficient (Wildman–Crippen LogP) is 4.42. The third kappa shape index (κ3) is 3.72. The molecule has 0 aliphatic carbocycles. The van der Waals surface area contributed by atoms with Crippen LogP contribution in [0.25, 0.3) is 0 Å². The highest BCUT2D eigenvalue weighted by molar-refractivity contribution is 9.10. The quantitative estimate of drug-likeness (QED) is 0.746. The largest absolute Gasteiger partial charge is 0.337 e. The number of aromatic nitrogens is 1. The first-order valence-corrected chi connectivity index (χ1v) is 7.33. The molecule has 0 fully saturated rings. The van der Waals surface area contributed by atoms with Crippen LogP contribution in [0.1, 0.15) is 15.9 Å². The Hall–Kier alpha value is -1.10. The second kappa shape index (κ2) is 6.57. The first kappa shape index (κ1) is 15.3. The van der Waals surface area contributed by atoms with Crippen molar-refractivity contribution in [3.05, 3.63) is 62.3 Å². The number of rotatable bonds is 3. The van der Waals surface area contributed by atoms with Crippen molar-refractivity contribution < 1.29 is 4.79 Å². The van der Waals surface area contributed by atoms with Gasteiger partial charge < -0.3 is 4.90 Å². The van der Waals surface area contributed by atoms with Crippen LogP contribution in [-0.2, 0) is 6.54 Å². The van der Waals surface area contributed by atoms with Crippen molar-refractivity contribution in [1.29, 1.82) is 0 Å². The lowest BCUT2D eigenvalue weighted by molar-refractivity contribution is 0.0785. The van der Waals surface area contributed by atoms with Crippen LogP contribution in [0.5, 0.6) is 0 Å². The normalized spacial score (nSPS) is 10.4. The van der Waals surface area contributed by atoms with Gasteiger partial charge in [0.25, 0.3) is 5.91 Å². The highest BCUT2D eigenvalue weighted by atomic mass is 79.9. The van der Waals surface area contributed by atoms with Gasteiger partial charge in [-0.3, -0.25) is 4.79 Å². The molecule has 6 heteroatoms. The average Bonchev–Trinajstić information content (AvgIpc) is 2.42. The zero-order chi connectivity index (χ0) is 14.7. The van der Waals surface area contributed by atoms with Crippen molar-refractivity contribution in [2.24, 2.45) is 0 Å². The number of carbonyl (C=O) groups is 1.